The minimum absolute atomic E-state index is 0.0260. The second-order valence-corrected chi connectivity index (χ2v) is 10.3. The van der Waals surface area contributed by atoms with Crippen molar-refractivity contribution in [2.24, 2.45) is 5.92 Å². The van der Waals surface area contributed by atoms with Gasteiger partial charge in [-0.3, -0.25) is 9.52 Å². The molecule has 12 heteroatoms. The maximum absolute atomic E-state index is 13.2. The molecule has 1 amide bonds. The summed E-state index contributed by atoms with van der Waals surface area (Å²) in [6, 6.07) is 9.40. The number of nitrogens with one attached hydrogen (secondary N) is 2. The Hall–Kier alpha value is -2.19. The van der Waals surface area contributed by atoms with Crippen LogP contribution >= 0.6 is 23.0 Å². The van der Waals surface area contributed by atoms with Crippen LogP contribution in [0.5, 0.6) is 11.5 Å². The second-order valence-electron chi connectivity index (χ2n) is 8.18. The first-order valence-corrected chi connectivity index (χ1v) is 13.4. The lowest BCUT2D eigenvalue weighted by Gasteiger charge is -2.20. The molecule has 0 bridgehead atoms. The Bertz CT molecular complexity index is 1140. The molecule has 0 radical (unpaired) electrons. The quantitative estimate of drug-likeness (QED) is 0.309. The molecule has 192 valence electrons. The first kappa shape index (κ1) is 27.4. The third kappa shape index (κ3) is 7.64. The standard InChI is InChI=1S/C23H27F2IN2O6S/c1-3-32-19-14-16(27-22(29)21(34-26)15-7-4-5-8-15)11-12-20(19)35(30,31)28-17-9-6-10-18(13-17)33-23(2,24)25/h6,9-15,21,28H,3-5,7-8H2,1-2H3,(H,27,29)/t21-/m1/s1. The summed E-state index contributed by atoms with van der Waals surface area (Å²) in [7, 11) is -4.16. The van der Waals surface area contributed by atoms with Crippen LogP contribution in [0.25, 0.3) is 0 Å². The van der Waals surface area contributed by atoms with Gasteiger partial charge in [0.15, 0.2) is 6.10 Å². The van der Waals surface area contributed by atoms with Crippen molar-refractivity contribution in [3.63, 3.8) is 0 Å². The van der Waals surface area contributed by atoms with Crippen LogP contribution in [0.4, 0.5) is 20.2 Å². The van der Waals surface area contributed by atoms with Gasteiger partial charge in [-0.1, -0.05) is 18.9 Å². The highest BCUT2D eigenvalue weighted by molar-refractivity contribution is 14.1. The average Bonchev–Trinajstić information content (AvgIpc) is 3.27. The summed E-state index contributed by atoms with van der Waals surface area (Å²) in [5.41, 5.74) is 0.389. The normalized spacial score (nSPS) is 15.5. The van der Waals surface area contributed by atoms with Gasteiger partial charge < -0.3 is 17.9 Å². The largest absolute Gasteiger partial charge is 0.492 e. The smallest absolute Gasteiger partial charge is 0.394 e. The molecule has 2 N–H and O–H groups in total. The number of amides is 1. The fourth-order valence-electron chi connectivity index (χ4n) is 3.92. The molecule has 3 rings (SSSR count). The van der Waals surface area contributed by atoms with E-state index in [2.05, 4.69) is 14.8 Å². The van der Waals surface area contributed by atoms with Gasteiger partial charge in [-0.25, -0.2) is 8.42 Å². The zero-order valence-electron chi connectivity index (χ0n) is 19.2. The SMILES string of the molecule is CCOc1cc(NC(=O)[C@H](OI)C2CCCC2)ccc1S(=O)(=O)Nc1cccc(OC(C)(F)F)c1. The molecule has 0 aliphatic heterocycles. The number of hydrogen-bond acceptors (Lipinski definition) is 6. The van der Waals surface area contributed by atoms with Gasteiger partial charge >= 0.3 is 6.11 Å². The Kier molecular flexibility index (Phi) is 9.16. The molecule has 1 aliphatic rings. The molecule has 0 aromatic heterocycles. The molecular weight excluding hydrogens is 597 g/mol. The average molecular weight is 624 g/mol. The summed E-state index contributed by atoms with van der Waals surface area (Å²) < 4.78 is 70.2. The monoisotopic (exact) mass is 624 g/mol. The van der Waals surface area contributed by atoms with E-state index in [4.69, 9.17) is 7.80 Å². The van der Waals surface area contributed by atoms with Crippen LogP contribution in [-0.4, -0.2) is 33.1 Å². The molecule has 8 nitrogen and oxygen atoms in total. The maximum atomic E-state index is 13.2. The Balaban J connectivity index is 1.81. The lowest BCUT2D eigenvalue weighted by Crippen LogP contribution is -2.34. The summed E-state index contributed by atoms with van der Waals surface area (Å²) in [5, 5.41) is 2.77. The number of alkyl halides is 2. The highest BCUT2D eigenvalue weighted by Crippen LogP contribution is 2.33. The molecule has 35 heavy (non-hydrogen) atoms. The van der Waals surface area contributed by atoms with Crippen molar-refractivity contribution in [3.05, 3.63) is 42.5 Å². The molecule has 0 unspecified atom stereocenters. The van der Waals surface area contributed by atoms with Crippen molar-refractivity contribution < 1.29 is 34.5 Å². The van der Waals surface area contributed by atoms with Crippen LogP contribution < -0.4 is 19.5 Å². The van der Waals surface area contributed by atoms with Gasteiger partial charge in [-0.05, 0) is 49.9 Å². The molecule has 1 aliphatic carbocycles. The Morgan fingerprint density at radius 2 is 1.89 bits per heavy atom. The van der Waals surface area contributed by atoms with Crippen molar-refractivity contribution >= 4 is 50.3 Å². The number of anilines is 2. The molecule has 1 saturated carbocycles. The molecule has 1 fully saturated rings. The summed E-state index contributed by atoms with van der Waals surface area (Å²) in [4.78, 5) is 12.6. The number of carbonyl (C=O) groups is 1. The van der Waals surface area contributed by atoms with Crippen LogP contribution in [0.15, 0.2) is 47.4 Å². The summed E-state index contributed by atoms with van der Waals surface area (Å²) in [6.45, 7) is 2.46. The topological polar surface area (TPSA) is 103 Å². The number of rotatable bonds is 11. The molecule has 0 heterocycles. The van der Waals surface area contributed by atoms with E-state index in [1.807, 2.05) is 0 Å². The van der Waals surface area contributed by atoms with Gasteiger partial charge in [-0.2, -0.15) is 8.78 Å². The van der Waals surface area contributed by atoms with Gasteiger partial charge in [0, 0.05) is 24.7 Å². The van der Waals surface area contributed by atoms with Gasteiger partial charge in [0.25, 0.3) is 15.9 Å². The summed E-state index contributed by atoms with van der Waals surface area (Å²) >= 11 is 1.73. The fourth-order valence-corrected chi connectivity index (χ4v) is 5.74. The van der Waals surface area contributed by atoms with Crippen LogP contribution in [0.1, 0.15) is 39.5 Å². The van der Waals surface area contributed by atoms with Crippen molar-refractivity contribution in [2.75, 3.05) is 16.6 Å². The van der Waals surface area contributed by atoms with Crippen molar-refractivity contribution in [3.8, 4) is 11.5 Å². The Morgan fingerprint density at radius 1 is 1.17 bits per heavy atom. The minimum Gasteiger partial charge on any atom is -0.492 e. The van der Waals surface area contributed by atoms with Gasteiger partial charge in [0.2, 0.25) is 0 Å². The highest BCUT2D eigenvalue weighted by atomic mass is 127. The second kappa shape index (κ2) is 11.7. The third-order valence-electron chi connectivity index (χ3n) is 5.37. The lowest BCUT2D eigenvalue weighted by molar-refractivity contribution is -0.158. The predicted octanol–water partition coefficient (Wildman–Crippen LogP) is 5.74. The number of halogens is 3. The van der Waals surface area contributed by atoms with E-state index in [-0.39, 0.29) is 40.5 Å². The van der Waals surface area contributed by atoms with E-state index >= 15 is 0 Å². The maximum Gasteiger partial charge on any atom is 0.394 e. The Morgan fingerprint density at radius 3 is 2.51 bits per heavy atom. The molecule has 1 atom stereocenters. The molecule has 2 aromatic carbocycles. The van der Waals surface area contributed by atoms with E-state index in [1.165, 1.54) is 36.4 Å². The van der Waals surface area contributed by atoms with Crippen LogP contribution in [-0.2, 0) is 17.9 Å². The van der Waals surface area contributed by atoms with Crippen molar-refractivity contribution in [2.45, 2.75) is 56.6 Å². The molecule has 0 saturated heterocycles. The highest BCUT2D eigenvalue weighted by Gasteiger charge is 2.32. The Labute approximate surface area is 217 Å². The lowest BCUT2D eigenvalue weighted by atomic mass is 10.0. The zero-order chi connectivity index (χ0) is 25.6. The summed E-state index contributed by atoms with van der Waals surface area (Å²) in [5.74, 6) is -0.352. The number of sulfonamides is 1. The molecular formula is C23H27F2IN2O6S. The first-order chi connectivity index (χ1) is 16.5. The van der Waals surface area contributed by atoms with Crippen molar-refractivity contribution in [1.82, 2.24) is 0 Å². The van der Waals surface area contributed by atoms with Crippen LogP contribution in [0, 0.1) is 5.92 Å². The van der Waals surface area contributed by atoms with Gasteiger partial charge in [-0.15, -0.1) is 0 Å². The van der Waals surface area contributed by atoms with Crippen LogP contribution in [0.2, 0.25) is 0 Å². The van der Waals surface area contributed by atoms with E-state index < -0.39 is 22.2 Å². The van der Waals surface area contributed by atoms with Crippen LogP contribution in [0.3, 0.4) is 0 Å². The summed E-state index contributed by atoms with van der Waals surface area (Å²) in [6.07, 6.45) is -0.0915. The zero-order valence-corrected chi connectivity index (χ0v) is 22.2. The first-order valence-electron chi connectivity index (χ1n) is 11.1. The number of benzene rings is 2. The number of hydrogen-bond donors (Lipinski definition) is 2. The van der Waals surface area contributed by atoms with E-state index in [0.717, 1.165) is 31.7 Å². The molecule has 2 aromatic rings. The minimum atomic E-state index is -4.16. The van der Waals surface area contributed by atoms with E-state index in [0.29, 0.717) is 12.6 Å². The number of ether oxygens (including phenoxy) is 2. The van der Waals surface area contributed by atoms with Crippen molar-refractivity contribution in [1.29, 1.82) is 0 Å². The van der Waals surface area contributed by atoms with E-state index in [1.54, 1.807) is 29.9 Å². The van der Waals surface area contributed by atoms with Gasteiger partial charge in [0.1, 0.15) is 39.4 Å². The third-order valence-corrected chi connectivity index (χ3v) is 7.33. The van der Waals surface area contributed by atoms with Gasteiger partial charge in [0.05, 0.1) is 12.3 Å². The predicted molar refractivity (Wildman–Crippen MR) is 136 cm³/mol. The van der Waals surface area contributed by atoms with E-state index in [9.17, 15) is 22.0 Å². The fraction of sp³-hybridized carbons (Fsp3) is 0.435. The molecule has 0 spiro atoms. The number of carbonyl (C=O) groups excluding carboxylic acids is 1.